The molecule has 1 aromatic carbocycles. The Kier molecular flexibility index (Phi) is 4.36. The Morgan fingerprint density at radius 2 is 2.05 bits per heavy atom. The van der Waals surface area contributed by atoms with Crippen LogP contribution in [0.15, 0.2) is 24.3 Å². The van der Waals surface area contributed by atoms with Crippen molar-refractivity contribution in [3.8, 4) is 0 Å². The van der Waals surface area contributed by atoms with Crippen molar-refractivity contribution in [3.63, 3.8) is 0 Å². The first kappa shape index (κ1) is 14.9. The third-order valence-corrected chi connectivity index (χ3v) is 3.95. The van der Waals surface area contributed by atoms with Crippen LogP contribution in [-0.2, 0) is 11.2 Å². The zero-order valence-electron chi connectivity index (χ0n) is 13.0. The highest BCUT2D eigenvalue weighted by Crippen LogP contribution is 2.28. The van der Waals surface area contributed by atoms with Gasteiger partial charge in [-0.15, -0.1) is 0 Å². The number of carbonyl (C=O) groups excluding carboxylic acids is 1. The zero-order valence-corrected chi connectivity index (χ0v) is 13.0. The minimum Gasteiger partial charge on any atom is -0.382 e. The van der Waals surface area contributed by atoms with E-state index in [-0.39, 0.29) is 23.3 Å². The fourth-order valence-corrected chi connectivity index (χ4v) is 2.61. The lowest BCUT2D eigenvalue weighted by Crippen LogP contribution is -2.44. The van der Waals surface area contributed by atoms with Gasteiger partial charge in [0.05, 0.1) is 5.92 Å². The summed E-state index contributed by atoms with van der Waals surface area (Å²) in [7, 11) is 0. The molecule has 1 aliphatic rings. The molecule has 110 valence electrons. The number of hydrogen-bond acceptors (Lipinski definition) is 2. The van der Waals surface area contributed by atoms with Crippen LogP contribution in [0.2, 0.25) is 0 Å². The number of rotatable bonds is 3. The highest BCUT2D eigenvalue weighted by atomic mass is 16.1. The smallest absolute Gasteiger partial charge is 0.225 e. The summed E-state index contributed by atoms with van der Waals surface area (Å²) in [5, 5.41) is 6.53. The van der Waals surface area contributed by atoms with Crippen molar-refractivity contribution in [2.24, 2.45) is 11.3 Å². The quantitative estimate of drug-likeness (QED) is 0.888. The van der Waals surface area contributed by atoms with Crippen molar-refractivity contribution >= 4 is 11.6 Å². The highest BCUT2D eigenvalue weighted by molar-refractivity contribution is 5.81. The molecule has 0 saturated carbocycles. The Balaban J connectivity index is 1.94. The molecular formula is C17H26N2O. The number of anilines is 1. The van der Waals surface area contributed by atoms with Crippen LogP contribution in [0.4, 0.5) is 5.69 Å². The molecule has 0 spiro atoms. The van der Waals surface area contributed by atoms with Crippen molar-refractivity contribution in [3.05, 3.63) is 29.8 Å². The van der Waals surface area contributed by atoms with Gasteiger partial charge in [0.25, 0.3) is 0 Å². The first-order chi connectivity index (χ1) is 9.37. The fourth-order valence-electron chi connectivity index (χ4n) is 2.61. The minimum atomic E-state index is 0.0184. The Bertz CT molecular complexity index is 476. The summed E-state index contributed by atoms with van der Waals surface area (Å²) in [6.07, 6.45) is 1.83. The summed E-state index contributed by atoms with van der Waals surface area (Å²) in [4.78, 5) is 12.4. The molecule has 1 aromatic rings. The van der Waals surface area contributed by atoms with Gasteiger partial charge in [-0.3, -0.25) is 4.79 Å². The molecular weight excluding hydrogens is 248 g/mol. The maximum absolute atomic E-state index is 12.4. The van der Waals surface area contributed by atoms with Gasteiger partial charge >= 0.3 is 0 Å². The van der Waals surface area contributed by atoms with Gasteiger partial charge in [0, 0.05) is 18.3 Å². The average Bonchev–Trinajstić information content (AvgIpc) is 2.36. The van der Waals surface area contributed by atoms with E-state index in [1.165, 1.54) is 11.3 Å². The standard InChI is InChI=1S/C17H26N2O/c1-12-14(16(20)18-10-9-17(2,3)4)11-13-7-5-6-8-15(13)19-12/h5-8,12,14,19H,9-11H2,1-4H3,(H,18,20). The lowest BCUT2D eigenvalue weighted by molar-refractivity contribution is -0.125. The second-order valence-corrected chi connectivity index (χ2v) is 7.00. The van der Waals surface area contributed by atoms with Gasteiger partial charge in [0.15, 0.2) is 0 Å². The topological polar surface area (TPSA) is 41.1 Å². The van der Waals surface area contributed by atoms with Crippen molar-refractivity contribution in [1.82, 2.24) is 5.32 Å². The van der Waals surface area contributed by atoms with Crippen LogP contribution in [0.1, 0.15) is 39.7 Å². The van der Waals surface area contributed by atoms with Crippen LogP contribution in [0.3, 0.4) is 0 Å². The van der Waals surface area contributed by atoms with E-state index < -0.39 is 0 Å². The molecule has 1 heterocycles. The van der Waals surface area contributed by atoms with E-state index in [0.29, 0.717) is 0 Å². The van der Waals surface area contributed by atoms with E-state index in [0.717, 1.165) is 19.4 Å². The maximum atomic E-state index is 12.4. The SMILES string of the molecule is CC1Nc2ccccc2CC1C(=O)NCCC(C)(C)C. The lowest BCUT2D eigenvalue weighted by atomic mass is 9.87. The normalized spacial score (nSPS) is 21.8. The predicted octanol–water partition coefficient (Wildman–Crippen LogP) is 3.21. The van der Waals surface area contributed by atoms with E-state index >= 15 is 0 Å². The van der Waals surface area contributed by atoms with Crippen LogP contribution in [-0.4, -0.2) is 18.5 Å². The molecule has 1 amide bonds. The number of hydrogen-bond donors (Lipinski definition) is 2. The second kappa shape index (κ2) is 5.86. The highest BCUT2D eigenvalue weighted by Gasteiger charge is 2.30. The van der Waals surface area contributed by atoms with Gasteiger partial charge in [-0.2, -0.15) is 0 Å². The molecule has 0 aliphatic carbocycles. The van der Waals surface area contributed by atoms with Gasteiger partial charge in [-0.25, -0.2) is 0 Å². The summed E-state index contributed by atoms with van der Waals surface area (Å²) in [5.74, 6) is 0.189. The number of carbonyl (C=O) groups is 1. The molecule has 2 atom stereocenters. The van der Waals surface area contributed by atoms with Gasteiger partial charge in [-0.1, -0.05) is 39.0 Å². The molecule has 3 heteroatoms. The Morgan fingerprint density at radius 3 is 2.75 bits per heavy atom. The molecule has 2 rings (SSSR count). The molecule has 0 bridgehead atoms. The molecule has 2 unspecified atom stereocenters. The van der Waals surface area contributed by atoms with E-state index in [4.69, 9.17) is 0 Å². The maximum Gasteiger partial charge on any atom is 0.225 e. The summed E-state index contributed by atoms with van der Waals surface area (Å²) >= 11 is 0. The van der Waals surface area contributed by atoms with E-state index in [2.05, 4.69) is 50.5 Å². The van der Waals surface area contributed by atoms with E-state index in [9.17, 15) is 4.79 Å². The van der Waals surface area contributed by atoms with Gasteiger partial charge in [0.2, 0.25) is 5.91 Å². The van der Waals surface area contributed by atoms with Gasteiger partial charge in [-0.05, 0) is 36.8 Å². The number of amides is 1. The third-order valence-electron chi connectivity index (χ3n) is 3.95. The number of nitrogens with one attached hydrogen (secondary N) is 2. The number of para-hydroxylation sites is 1. The van der Waals surface area contributed by atoms with Crippen LogP contribution >= 0.6 is 0 Å². The fraction of sp³-hybridized carbons (Fsp3) is 0.588. The van der Waals surface area contributed by atoms with Gasteiger partial charge < -0.3 is 10.6 Å². The Labute approximate surface area is 122 Å². The Hall–Kier alpha value is -1.51. The summed E-state index contributed by atoms with van der Waals surface area (Å²) < 4.78 is 0. The van der Waals surface area contributed by atoms with Crippen LogP contribution in [0.5, 0.6) is 0 Å². The number of benzene rings is 1. The molecule has 0 saturated heterocycles. The predicted molar refractivity (Wildman–Crippen MR) is 83.8 cm³/mol. The van der Waals surface area contributed by atoms with Crippen molar-refractivity contribution < 1.29 is 4.79 Å². The summed E-state index contributed by atoms with van der Waals surface area (Å²) in [6.45, 7) is 9.43. The second-order valence-electron chi connectivity index (χ2n) is 7.00. The molecule has 3 nitrogen and oxygen atoms in total. The molecule has 0 radical (unpaired) electrons. The average molecular weight is 274 g/mol. The number of fused-ring (bicyclic) bond motifs is 1. The van der Waals surface area contributed by atoms with E-state index in [1.54, 1.807) is 0 Å². The van der Waals surface area contributed by atoms with Crippen molar-refractivity contribution in [1.29, 1.82) is 0 Å². The molecule has 2 N–H and O–H groups in total. The molecule has 20 heavy (non-hydrogen) atoms. The van der Waals surface area contributed by atoms with Crippen LogP contribution in [0, 0.1) is 11.3 Å². The summed E-state index contributed by atoms with van der Waals surface area (Å²) in [6, 6.07) is 8.43. The van der Waals surface area contributed by atoms with Crippen molar-refractivity contribution in [2.45, 2.75) is 46.6 Å². The largest absolute Gasteiger partial charge is 0.382 e. The van der Waals surface area contributed by atoms with Crippen LogP contribution in [0.25, 0.3) is 0 Å². The molecule has 0 fully saturated rings. The monoisotopic (exact) mass is 274 g/mol. The minimum absolute atomic E-state index is 0.0184. The molecule has 0 aromatic heterocycles. The summed E-state index contributed by atoms with van der Waals surface area (Å²) in [5.41, 5.74) is 2.66. The van der Waals surface area contributed by atoms with E-state index in [1.807, 2.05) is 12.1 Å². The zero-order chi connectivity index (χ0) is 14.8. The first-order valence-electron chi connectivity index (χ1n) is 7.49. The van der Waals surface area contributed by atoms with Crippen LogP contribution < -0.4 is 10.6 Å². The first-order valence-corrected chi connectivity index (χ1v) is 7.49. The van der Waals surface area contributed by atoms with Crippen molar-refractivity contribution in [2.75, 3.05) is 11.9 Å². The lowest BCUT2D eigenvalue weighted by Gasteiger charge is -2.31. The molecule has 1 aliphatic heterocycles. The third kappa shape index (κ3) is 3.75. The Morgan fingerprint density at radius 1 is 1.35 bits per heavy atom. The van der Waals surface area contributed by atoms with Gasteiger partial charge in [0.1, 0.15) is 0 Å².